The van der Waals surface area contributed by atoms with Gasteiger partial charge in [0.2, 0.25) is 5.91 Å². The van der Waals surface area contributed by atoms with E-state index in [0.29, 0.717) is 48.0 Å². The number of carboxylic acids is 1. The summed E-state index contributed by atoms with van der Waals surface area (Å²) in [4.78, 5) is 30.6. The van der Waals surface area contributed by atoms with E-state index in [9.17, 15) is 9.59 Å². The number of aromatic nitrogens is 12. The summed E-state index contributed by atoms with van der Waals surface area (Å²) in [5, 5.41) is 46.7. The number of carbonyl (C=O) groups excluding carboxylic acids is 1. The first-order valence-electron chi connectivity index (χ1n) is 24.7. The van der Waals surface area contributed by atoms with Gasteiger partial charge in [-0.2, -0.15) is 19.2 Å². The Kier molecular flexibility index (Phi) is 18.2. The molecule has 0 bridgehead atoms. The van der Waals surface area contributed by atoms with Gasteiger partial charge in [0.15, 0.2) is 34.6 Å². The lowest BCUT2D eigenvalue weighted by Gasteiger charge is -2.35. The number of fused-ring (bicyclic) bond motifs is 2. The first-order valence-corrected chi connectivity index (χ1v) is 24.7. The highest BCUT2D eigenvalue weighted by Gasteiger charge is 2.23. The molecule has 6 aromatic heterocycles. The minimum atomic E-state index is -0.814. The number of carbonyl (C=O) groups is 2. The second-order valence-electron chi connectivity index (χ2n) is 18.3. The molecule has 0 spiro atoms. The van der Waals surface area contributed by atoms with Gasteiger partial charge in [-0.25, -0.2) is 9.36 Å². The van der Waals surface area contributed by atoms with E-state index in [-0.39, 0.29) is 19.8 Å². The van der Waals surface area contributed by atoms with Crippen LogP contribution in [0.4, 0.5) is 0 Å². The highest BCUT2D eigenvalue weighted by Crippen LogP contribution is 2.22. The number of methoxy groups -OCH3 is 2. The van der Waals surface area contributed by atoms with Crippen molar-refractivity contribution in [3.05, 3.63) is 129 Å². The van der Waals surface area contributed by atoms with E-state index in [1.807, 2.05) is 93.6 Å². The fourth-order valence-corrected chi connectivity index (χ4v) is 9.22. The van der Waals surface area contributed by atoms with Crippen molar-refractivity contribution in [2.75, 3.05) is 66.6 Å². The van der Waals surface area contributed by atoms with E-state index >= 15 is 0 Å². The molecule has 2 saturated heterocycles. The number of aryl methyl sites for hydroxylation is 4. The zero-order chi connectivity index (χ0) is 51.6. The molecule has 2 fully saturated rings. The molecule has 1 amide bonds. The molecule has 0 atom stereocenters. The van der Waals surface area contributed by atoms with E-state index in [0.717, 1.165) is 117 Å². The number of nitrogens with one attached hydrogen (secondary N) is 1. The number of benzene rings is 2. The van der Waals surface area contributed by atoms with Crippen molar-refractivity contribution in [1.29, 1.82) is 0 Å². The largest absolute Gasteiger partial charge is 0.497 e. The van der Waals surface area contributed by atoms with Crippen molar-refractivity contribution in [2.45, 2.75) is 87.7 Å². The van der Waals surface area contributed by atoms with Gasteiger partial charge < -0.3 is 24.8 Å². The molecule has 0 aliphatic carbocycles. The molecule has 0 radical (unpaired) electrons. The Morgan fingerprint density at radius 3 is 1.50 bits per heavy atom. The molecular weight excluding hydrogens is 941 g/mol. The Bertz CT molecular complexity index is 3160. The van der Waals surface area contributed by atoms with Crippen molar-refractivity contribution < 1.29 is 24.2 Å². The molecular formula is C53H70N16O5. The third-order valence-corrected chi connectivity index (χ3v) is 13.3. The zero-order valence-corrected chi connectivity index (χ0v) is 43.1. The highest BCUT2D eigenvalue weighted by atomic mass is 16.5. The minimum Gasteiger partial charge on any atom is -0.497 e. The maximum Gasteiger partial charge on any atom is 0.303 e. The fraction of sp³-hybridized carbons (Fsp3) is 0.434. The number of carboxylic acid groups (broad SMARTS) is 1. The summed E-state index contributed by atoms with van der Waals surface area (Å²) in [6, 6.07) is 23.9. The lowest BCUT2D eigenvalue weighted by molar-refractivity contribution is -0.137. The van der Waals surface area contributed by atoms with Gasteiger partial charge in [0.25, 0.3) is 0 Å². The minimum absolute atomic E-state index is 0. The maximum atomic E-state index is 13.0. The van der Waals surface area contributed by atoms with Crippen LogP contribution in [0.3, 0.4) is 0 Å². The fourth-order valence-electron chi connectivity index (χ4n) is 9.22. The van der Waals surface area contributed by atoms with E-state index in [4.69, 9.17) is 19.7 Å². The number of aliphatic carboxylic acids is 1. The Morgan fingerprint density at radius 2 is 1.04 bits per heavy atom. The SMILES string of the molecule is C.COc1cccc(CN2CCN(C(=O)CCc3c(C)nn(-c4ccc5nnc(C)n5n4)c3C)CC2)c1.COc1cccc(CN2CCNCC2)c1.Cc1nn(-c2ccc3nnc(C)n3n2)c(C)c1CCC(=O)O. The van der Waals surface area contributed by atoms with Gasteiger partial charge >= 0.3 is 5.97 Å². The first-order chi connectivity index (χ1) is 35.3. The van der Waals surface area contributed by atoms with Crippen LogP contribution in [0.1, 0.15) is 76.9 Å². The van der Waals surface area contributed by atoms with Crippen molar-refractivity contribution in [2.24, 2.45) is 0 Å². The van der Waals surface area contributed by atoms with Gasteiger partial charge in [0, 0.05) is 89.7 Å². The molecule has 2 aromatic carbocycles. The second-order valence-corrected chi connectivity index (χ2v) is 18.3. The molecule has 2 N–H and O–H groups in total. The van der Waals surface area contributed by atoms with Gasteiger partial charge in [0.1, 0.15) is 11.5 Å². The molecule has 10 rings (SSSR count). The number of nitrogens with zero attached hydrogens (tertiary/aromatic N) is 15. The normalized spacial score (nSPS) is 14.0. The quantitative estimate of drug-likeness (QED) is 0.137. The summed E-state index contributed by atoms with van der Waals surface area (Å²) in [5.41, 5.74) is 9.62. The van der Waals surface area contributed by atoms with Gasteiger partial charge in [-0.1, -0.05) is 31.7 Å². The smallest absolute Gasteiger partial charge is 0.303 e. The number of rotatable bonds is 14. The van der Waals surface area contributed by atoms with Crippen LogP contribution >= 0.6 is 0 Å². The summed E-state index contributed by atoms with van der Waals surface area (Å²) < 4.78 is 17.5. The zero-order valence-electron chi connectivity index (χ0n) is 43.1. The molecule has 8 aromatic rings. The summed E-state index contributed by atoms with van der Waals surface area (Å²) in [6.07, 6.45) is 1.68. The Labute approximate surface area is 432 Å². The van der Waals surface area contributed by atoms with Crippen molar-refractivity contribution >= 4 is 23.2 Å². The van der Waals surface area contributed by atoms with E-state index < -0.39 is 5.97 Å². The van der Waals surface area contributed by atoms with E-state index in [2.05, 4.69) is 81.1 Å². The topological polar surface area (TPSA) is 216 Å². The maximum absolute atomic E-state index is 13.0. The third-order valence-electron chi connectivity index (χ3n) is 13.3. The summed E-state index contributed by atoms with van der Waals surface area (Å²) in [7, 11) is 3.40. The average Bonchev–Trinajstić information content (AvgIpc) is 4.14. The number of ether oxygens (including phenoxy) is 2. The van der Waals surface area contributed by atoms with Crippen LogP contribution in [0, 0.1) is 41.5 Å². The van der Waals surface area contributed by atoms with Crippen LogP contribution in [0.15, 0.2) is 72.8 Å². The molecule has 392 valence electrons. The van der Waals surface area contributed by atoms with Gasteiger partial charge in [-0.05, 0) is 125 Å². The monoisotopic (exact) mass is 1010 g/mol. The van der Waals surface area contributed by atoms with Crippen LogP contribution in [0.25, 0.3) is 22.9 Å². The van der Waals surface area contributed by atoms with Crippen LogP contribution < -0.4 is 14.8 Å². The molecule has 21 heteroatoms. The molecule has 2 aliphatic rings. The Balaban J connectivity index is 0.000000179. The van der Waals surface area contributed by atoms with E-state index in [1.165, 1.54) is 11.1 Å². The van der Waals surface area contributed by atoms with Gasteiger partial charge in [-0.15, -0.1) is 30.6 Å². The van der Waals surface area contributed by atoms with Gasteiger partial charge in [0.05, 0.1) is 25.6 Å². The van der Waals surface area contributed by atoms with E-state index in [1.54, 1.807) is 27.9 Å². The van der Waals surface area contributed by atoms with Crippen LogP contribution in [-0.2, 0) is 35.5 Å². The Morgan fingerprint density at radius 1 is 0.581 bits per heavy atom. The average molecular weight is 1010 g/mol. The second kappa shape index (κ2) is 24.9. The number of piperazine rings is 2. The van der Waals surface area contributed by atoms with Crippen LogP contribution in [0.5, 0.6) is 11.5 Å². The lowest BCUT2D eigenvalue weighted by atomic mass is 10.1. The summed E-state index contributed by atoms with van der Waals surface area (Å²) in [6.45, 7) is 21.1. The summed E-state index contributed by atoms with van der Waals surface area (Å²) >= 11 is 0. The molecule has 0 unspecified atom stereocenters. The number of amides is 1. The standard InChI is InChI=1S/C26H32N8O2.C14H16N6O2.C12H18N2O.CH4/c1-18-23(19(2)33(29-18)25-10-9-24-28-27-20(3)34(24)30-25)8-11-26(35)32-14-12-31(13-15-32)17-21-6-5-7-22(16-21)36-4;1-8-11(4-7-14(21)22)9(2)19(17-8)13-6-5-12-16-15-10(3)20(12)18-13;1-15-12-4-2-3-11(9-12)10-14-7-5-13-6-8-14;/h5-7,9-10,16H,8,11-15,17H2,1-4H3;5-6H,4,7H2,1-3H3,(H,21,22);2-4,9,13H,5-8,10H2,1H3;1H4. The molecule has 21 nitrogen and oxygen atoms in total. The lowest BCUT2D eigenvalue weighted by Crippen LogP contribution is -2.48. The molecule has 2 aliphatic heterocycles. The highest BCUT2D eigenvalue weighted by molar-refractivity contribution is 5.76. The number of hydrogen-bond acceptors (Lipinski definition) is 15. The van der Waals surface area contributed by atoms with Crippen LogP contribution in [0.2, 0.25) is 0 Å². The molecule has 8 heterocycles. The molecule has 0 saturated carbocycles. The van der Waals surface area contributed by atoms with Crippen LogP contribution in [-0.4, -0.2) is 157 Å². The van der Waals surface area contributed by atoms with Crippen molar-refractivity contribution in [3.63, 3.8) is 0 Å². The molecule has 74 heavy (non-hydrogen) atoms. The third kappa shape index (κ3) is 13.1. The predicted molar refractivity (Wildman–Crippen MR) is 281 cm³/mol. The van der Waals surface area contributed by atoms with Crippen molar-refractivity contribution in [1.82, 2.24) is 79.2 Å². The van der Waals surface area contributed by atoms with Gasteiger partial charge in [-0.3, -0.25) is 19.4 Å². The summed E-state index contributed by atoms with van der Waals surface area (Å²) in [5.74, 6) is 3.98. The first kappa shape index (κ1) is 54.2. The number of hydrogen-bond donors (Lipinski definition) is 2. The predicted octanol–water partition coefficient (Wildman–Crippen LogP) is 5.51. The van der Waals surface area contributed by atoms with Crippen molar-refractivity contribution in [3.8, 4) is 23.1 Å². The Hall–Kier alpha value is -7.62.